The number of carbonyl (C=O) groups is 1. The van der Waals surface area contributed by atoms with Crippen molar-refractivity contribution in [2.75, 3.05) is 13.1 Å². The number of carbonyl (C=O) groups excluding carboxylic acids is 1. The highest BCUT2D eigenvalue weighted by atomic mass is 16.3. The number of hydrogen-bond acceptors (Lipinski definition) is 4. The van der Waals surface area contributed by atoms with Crippen LogP contribution in [0, 0.1) is 6.92 Å². The topological polar surface area (TPSA) is 65.5 Å². The lowest BCUT2D eigenvalue weighted by atomic mass is 9.91. The van der Waals surface area contributed by atoms with Gasteiger partial charge in [0.15, 0.2) is 5.60 Å². The third-order valence-corrected chi connectivity index (χ3v) is 4.66. The van der Waals surface area contributed by atoms with Crippen LogP contribution in [0.15, 0.2) is 48.8 Å². The van der Waals surface area contributed by atoms with Gasteiger partial charge in [0.1, 0.15) is 0 Å². The lowest BCUT2D eigenvalue weighted by Crippen LogP contribution is -2.57. The zero-order chi connectivity index (χ0) is 17.7. The smallest absolute Gasteiger partial charge is 0.256 e. The summed E-state index contributed by atoms with van der Waals surface area (Å²) in [5, 5.41) is 14.1. The molecule has 2 aromatic rings. The van der Waals surface area contributed by atoms with Crippen molar-refractivity contribution in [1.29, 1.82) is 0 Å². The Balaban J connectivity index is 1.60. The van der Waals surface area contributed by atoms with Crippen LogP contribution in [0.2, 0.25) is 0 Å². The number of pyridine rings is 1. The Morgan fingerprint density at radius 1 is 1.24 bits per heavy atom. The van der Waals surface area contributed by atoms with Crippen molar-refractivity contribution in [3.8, 4) is 0 Å². The Labute approximate surface area is 148 Å². The van der Waals surface area contributed by atoms with E-state index in [1.165, 1.54) is 5.56 Å². The zero-order valence-corrected chi connectivity index (χ0v) is 14.6. The Morgan fingerprint density at radius 2 is 2.04 bits per heavy atom. The normalized spacial score (nSPS) is 20.7. The van der Waals surface area contributed by atoms with Crippen molar-refractivity contribution < 1.29 is 9.90 Å². The quantitative estimate of drug-likeness (QED) is 0.845. The summed E-state index contributed by atoms with van der Waals surface area (Å²) in [7, 11) is 0. The molecule has 1 fully saturated rings. The van der Waals surface area contributed by atoms with Crippen LogP contribution in [-0.4, -0.2) is 39.6 Å². The molecule has 1 aromatic heterocycles. The maximum Gasteiger partial charge on any atom is 0.256 e. The number of nitrogens with zero attached hydrogens (tertiary/aromatic N) is 2. The second-order valence-corrected chi connectivity index (χ2v) is 6.81. The molecule has 0 aliphatic carbocycles. The molecule has 1 amide bonds. The van der Waals surface area contributed by atoms with Crippen LogP contribution >= 0.6 is 0 Å². The lowest BCUT2D eigenvalue weighted by Gasteiger charge is -2.38. The SMILES string of the molecule is Cc1cccc(CN2CCC[C@](O)(CNCc3ccncc3)C2=O)c1. The number of hydrogen-bond donors (Lipinski definition) is 2. The van der Waals surface area contributed by atoms with E-state index >= 15 is 0 Å². The average molecular weight is 339 g/mol. The van der Waals surface area contributed by atoms with Gasteiger partial charge < -0.3 is 15.3 Å². The predicted octanol–water partition coefficient (Wildman–Crippen LogP) is 2.03. The number of aromatic nitrogens is 1. The predicted molar refractivity (Wildman–Crippen MR) is 96.7 cm³/mol. The molecule has 0 spiro atoms. The molecule has 0 radical (unpaired) electrons. The van der Waals surface area contributed by atoms with Gasteiger partial charge in [0.2, 0.25) is 0 Å². The van der Waals surface area contributed by atoms with Crippen LogP contribution in [0.1, 0.15) is 29.5 Å². The van der Waals surface area contributed by atoms with E-state index in [2.05, 4.69) is 16.4 Å². The highest BCUT2D eigenvalue weighted by molar-refractivity contribution is 5.86. The molecule has 1 aliphatic heterocycles. The van der Waals surface area contributed by atoms with E-state index in [1.54, 1.807) is 17.3 Å². The summed E-state index contributed by atoms with van der Waals surface area (Å²) in [6.45, 7) is 4.15. The van der Waals surface area contributed by atoms with Crippen molar-refractivity contribution in [2.45, 2.75) is 38.5 Å². The Kier molecular flexibility index (Phi) is 5.46. The van der Waals surface area contributed by atoms with E-state index in [0.29, 0.717) is 26.1 Å². The molecule has 1 aromatic carbocycles. The molecule has 5 heteroatoms. The maximum absolute atomic E-state index is 12.8. The standard InChI is InChI=1S/C20H25N3O2/c1-16-4-2-5-18(12-16)14-23-11-3-8-20(25,19(23)24)15-22-13-17-6-9-21-10-7-17/h2,4-7,9-10,12,22,25H,3,8,11,13-15H2,1H3/t20-/m0/s1. The Morgan fingerprint density at radius 3 is 2.80 bits per heavy atom. The van der Waals surface area contributed by atoms with Gasteiger partial charge >= 0.3 is 0 Å². The molecule has 25 heavy (non-hydrogen) atoms. The molecule has 2 heterocycles. The van der Waals surface area contributed by atoms with Crippen LogP contribution in [-0.2, 0) is 17.9 Å². The second-order valence-electron chi connectivity index (χ2n) is 6.81. The van der Waals surface area contributed by atoms with Crippen LogP contribution in [0.25, 0.3) is 0 Å². The van der Waals surface area contributed by atoms with Crippen molar-refractivity contribution in [3.63, 3.8) is 0 Å². The number of likely N-dealkylation sites (tertiary alicyclic amines) is 1. The largest absolute Gasteiger partial charge is 0.379 e. The number of piperidine rings is 1. The summed E-state index contributed by atoms with van der Waals surface area (Å²) in [5.74, 6) is -0.178. The minimum Gasteiger partial charge on any atom is -0.379 e. The van der Waals surface area contributed by atoms with E-state index in [0.717, 1.165) is 17.5 Å². The number of nitrogens with one attached hydrogen (secondary N) is 1. The molecule has 0 bridgehead atoms. The van der Waals surface area contributed by atoms with Gasteiger partial charge in [-0.15, -0.1) is 0 Å². The van der Waals surface area contributed by atoms with Gasteiger partial charge in [0, 0.05) is 38.6 Å². The summed E-state index contributed by atoms with van der Waals surface area (Å²) in [4.78, 5) is 18.6. The molecule has 1 aliphatic rings. The fourth-order valence-corrected chi connectivity index (χ4v) is 3.33. The third kappa shape index (κ3) is 4.44. The molecule has 3 rings (SSSR count). The highest BCUT2D eigenvalue weighted by Crippen LogP contribution is 2.24. The Hall–Kier alpha value is -2.24. The second kappa shape index (κ2) is 7.76. The number of rotatable bonds is 6. The van der Waals surface area contributed by atoms with Gasteiger partial charge in [0.05, 0.1) is 0 Å². The summed E-state index contributed by atoms with van der Waals surface area (Å²) < 4.78 is 0. The van der Waals surface area contributed by atoms with Crippen LogP contribution < -0.4 is 5.32 Å². The first kappa shape index (κ1) is 17.6. The van der Waals surface area contributed by atoms with Gasteiger partial charge in [-0.25, -0.2) is 0 Å². The van der Waals surface area contributed by atoms with E-state index in [9.17, 15) is 9.90 Å². The van der Waals surface area contributed by atoms with Gasteiger partial charge in [0.25, 0.3) is 5.91 Å². The molecular weight excluding hydrogens is 314 g/mol. The van der Waals surface area contributed by atoms with Crippen LogP contribution in [0.4, 0.5) is 0 Å². The monoisotopic (exact) mass is 339 g/mol. The van der Waals surface area contributed by atoms with Crippen molar-refractivity contribution in [2.24, 2.45) is 0 Å². The molecule has 0 saturated carbocycles. The van der Waals surface area contributed by atoms with E-state index in [-0.39, 0.29) is 12.5 Å². The fourth-order valence-electron chi connectivity index (χ4n) is 3.33. The van der Waals surface area contributed by atoms with Crippen molar-refractivity contribution >= 4 is 5.91 Å². The Bertz CT molecular complexity index is 720. The molecule has 0 unspecified atom stereocenters. The first-order valence-corrected chi connectivity index (χ1v) is 8.74. The zero-order valence-electron chi connectivity index (χ0n) is 14.6. The number of aryl methyl sites for hydroxylation is 1. The summed E-state index contributed by atoms with van der Waals surface area (Å²) in [6, 6.07) is 12.0. The third-order valence-electron chi connectivity index (χ3n) is 4.66. The minimum atomic E-state index is -1.32. The van der Waals surface area contributed by atoms with Crippen molar-refractivity contribution in [1.82, 2.24) is 15.2 Å². The number of benzene rings is 1. The maximum atomic E-state index is 12.8. The van der Waals surface area contributed by atoms with E-state index < -0.39 is 5.60 Å². The fraction of sp³-hybridized carbons (Fsp3) is 0.400. The van der Waals surface area contributed by atoms with Gasteiger partial charge in [-0.2, -0.15) is 0 Å². The van der Waals surface area contributed by atoms with Gasteiger partial charge in [-0.05, 0) is 43.0 Å². The summed E-state index contributed by atoms with van der Waals surface area (Å²) >= 11 is 0. The van der Waals surface area contributed by atoms with Crippen LogP contribution in [0.3, 0.4) is 0 Å². The first-order valence-electron chi connectivity index (χ1n) is 8.74. The molecule has 2 N–H and O–H groups in total. The molecule has 1 atom stereocenters. The highest BCUT2D eigenvalue weighted by Gasteiger charge is 2.41. The average Bonchev–Trinajstić information content (AvgIpc) is 2.60. The minimum absolute atomic E-state index is 0.178. The summed E-state index contributed by atoms with van der Waals surface area (Å²) in [6.07, 6.45) is 4.78. The lowest BCUT2D eigenvalue weighted by molar-refractivity contribution is -0.157. The number of amides is 1. The first-order chi connectivity index (χ1) is 12.1. The van der Waals surface area contributed by atoms with Gasteiger partial charge in [-0.1, -0.05) is 29.8 Å². The number of aliphatic hydroxyl groups is 1. The molecule has 132 valence electrons. The van der Waals surface area contributed by atoms with E-state index in [4.69, 9.17) is 0 Å². The van der Waals surface area contributed by atoms with Crippen LogP contribution in [0.5, 0.6) is 0 Å². The molecule has 1 saturated heterocycles. The van der Waals surface area contributed by atoms with Gasteiger partial charge in [-0.3, -0.25) is 9.78 Å². The summed E-state index contributed by atoms with van der Waals surface area (Å²) in [5.41, 5.74) is 2.03. The van der Waals surface area contributed by atoms with Crippen molar-refractivity contribution in [3.05, 3.63) is 65.5 Å². The van der Waals surface area contributed by atoms with E-state index in [1.807, 2.05) is 37.3 Å². The molecular formula is C20H25N3O2. The molecule has 5 nitrogen and oxygen atoms in total.